The highest BCUT2D eigenvalue weighted by atomic mass is 19.1. The van der Waals surface area contributed by atoms with E-state index in [1.165, 1.54) is 6.07 Å². The molecule has 0 heterocycles. The first-order valence-corrected chi connectivity index (χ1v) is 6.44. The fourth-order valence-electron chi connectivity index (χ4n) is 2.66. The van der Waals surface area contributed by atoms with E-state index in [0.717, 1.165) is 25.1 Å². The van der Waals surface area contributed by atoms with Crippen molar-refractivity contribution in [3.8, 4) is 11.1 Å². The molecule has 1 aliphatic carbocycles. The minimum Gasteiger partial charge on any atom is -0.321 e. The standard InChI is InChI=1S/C15H8F2N2O4/c1-6(20)18-11-5-10(17)12-8-3-2-7(16)4-9(8)15(21)13(12)14(11)19(22)23/h2-5H,1H3,(H,18,20). The quantitative estimate of drug-likeness (QED) is 0.581. The molecular formula is C15H8F2N2O4. The first kappa shape index (κ1) is 14.8. The number of hydrogen-bond donors (Lipinski definition) is 1. The Labute approximate surface area is 127 Å². The van der Waals surface area contributed by atoms with Crippen LogP contribution in [0.25, 0.3) is 11.1 Å². The fraction of sp³-hybridized carbons (Fsp3) is 0.0667. The van der Waals surface area contributed by atoms with Crippen molar-refractivity contribution in [1.82, 2.24) is 0 Å². The van der Waals surface area contributed by atoms with Crippen LogP contribution in [-0.2, 0) is 4.79 Å². The first-order chi connectivity index (χ1) is 10.8. The summed E-state index contributed by atoms with van der Waals surface area (Å²) in [6.45, 7) is 1.10. The van der Waals surface area contributed by atoms with E-state index in [1.807, 2.05) is 0 Å². The number of ketones is 1. The van der Waals surface area contributed by atoms with Crippen LogP contribution in [0.1, 0.15) is 22.8 Å². The maximum atomic E-state index is 14.4. The molecule has 1 N–H and O–H groups in total. The van der Waals surface area contributed by atoms with Gasteiger partial charge in [0.2, 0.25) is 11.7 Å². The average molecular weight is 318 g/mol. The lowest BCUT2D eigenvalue weighted by Crippen LogP contribution is -2.11. The monoisotopic (exact) mass is 318 g/mol. The first-order valence-electron chi connectivity index (χ1n) is 6.44. The molecule has 3 rings (SSSR count). The van der Waals surface area contributed by atoms with Crippen LogP contribution in [0.5, 0.6) is 0 Å². The number of fused-ring (bicyclic) bond motifs is 3. The summed E-state index contributed by atoms with van der Waals surface area (Å²) in [7, 11) is 0. The predicted octanol–water partition coefficient (Wildman–Crippen LogP) is 3.04. The fourth-order valence-corrected chi connectivity index (χ4v) is 2.66. The van der Waals surface area contributed by atoms with Crippen molar-refractivity contribution in [2.45, 2.75) is 6.92 Å². The number of nitro benzene ring substituents is 1. The molecule has 2 aromatic carbocycles. The molecule has 0 fully saturated rings. The van der Waals surface area contributed by atoms with Gasteiger partial charge in [-0.2, -0.15) is 0 Å². The number of hydrogen-bond acceptors (Lipinski definition) is 4. The Balaban J connectivity index is 2.38. The van der Waals surface area contributed by atoms with Gasteiger partial charge in [-0.3, -0.25) is 19.7 Å². The number of amides is 1. The van der Waals surface area contributed by atoms with E-state index >= 15 is 0 Å². The van der Waals surface area contributed by atoms with Gasteiger partial charge in [-0.1, -0.05) is 6.07 Å². The molecule has 116 valence electrons. The Bertz CT molecular complexity index is 909. The maximum absolute atomic E-state index is 14.4. The molecule has 0 atom stereocenters. The topological polar surface area (TPSA) is 89.3 Å². The normalized spacial score (nSPS) is 11.9. The lowest BCUT2D eigenvalue weighted by Gasteiger charge is -2.08. The van der Waals surface area contributed by atoms with Gasteiger partial charge in [0.05, 0.1) is 4.92 Å². The van der Waals surface area contributed by atoms with Crippen LogP contribution in [0.4, 0.5) is 20.2 Å². The van der Waals surface area contributed by atoms with Crippen molar-refractivity contribution < 1.29 is 23.3 Å². The SMILES string of the molecule is CC(=O)Nc1cc(F)c2c(c1[N+](=O)[O-])C(=O)c1cc(F)ccc1-2. The van der Waals surface area contributed by atoms with E-state index in [9.17, 15) is 28.5 Å². The highest BCUT2D eigenvalue weighted by molar-refractivity contribution is 6.25. The summed E-state index contributed by atoms with van der Waals surface area (Å²) in [6.07, 6.45) is 0. The molecule has 0 bridgehead atoms. The van der Waals surface area contributed by atoms with E-state index in [2.05, 4.69) is 5.32 Å². The number of carbonyl (C=O) groups is 2. The summed E-state index contributed by atoms with van der Waals surface area (Å²) < 4.78 is 27.7. The second-order valence-electron chi connectivity index (χ2n) is 4.96. The molecule has 0 radical (unpaired) electrons. The van der Waals surface area contributed by atoms with Gasteiger partial charge in [0.1, 0.15) is 22.9 Å². The molecule has 0 unspecified atom stereocenters. The van der Waals surface area contributed by atoms with Crippen LogP contribution >= 0.6 is 0 Å². The molecule has 1 aliphatic rings. The summed E-state index contributed by atoms with van der Waals surface area (Å²) in [4.78, 5) is 34.0. The van der Waals surface area contributed by atoms with Gasteiger partial charge in [0.15, 0.2) is 0 Å². The van der Waals surface area contributed by atoms with Crippen molar-refractivity contribution in [2.75, 3.05) is 5.32 Å². The second kappa shape index (κ2) is 4.94. The Hall–Kier alpha value is -3.16. The van der Waals surface area contributed by atoms with Gasteiger partial charge < -0.3 is 5.32 Å². The van der Waals surface area contributed by atoms with Crippen molar-refractivity contribution in [1.29, 1.82) is 0 Å². The maximum Gasteiger partial charge on any atom is 0.304 e. The molecule has 0 spiro atoms. The van der Waals surface area contributed by atoms with Gasteiger partial charge in [-0.15, -0.1) is 0 Å². The summed E-state index contributed by atoms with van der Waals surface area (Å²) in [5.41, 5.74) is -1.94. The van der Waals surface area contributed by atoms with Crippen LogP contribution in [0.15, 0.2) is 24.3 Å². The van der Waals surface area contributed by atoms with Gasteiger partial charge >= 0.3 is 5.69 Å². The molecule has 6 nitrogen and oxygen atoms in total. The minimum atomic E-state index is -0.909. The van der Waals surface area contributed by atoms with Crippen molar-refractivity contribution in [3.63, 3.8) is 0 Å². The minimum absolute atomic E-state index is 0.0846. The Morgan fingerprint density at radius 2 is 1.87 bits per heavy atom. The number of nitro groups is 1. The summed E-state index contributed by atoms with van der Waals surface area (Å²) >= 11 is 0. The molecule has 0 saturated carbocycles. The molecule has 0 saturated heterocycles. The molecule has 1 amide bonds. The van der Waals surface area contributed by atoms with Gasteiger partial charge in [0, 0.05) is 24.1 Å². The third-order valence-corrected chi connectivity index (χ3v) is 3.47. The second-order valence-corrected chi connectivity index (χ2v) is 4.96. The van der Waals surface area contributed by atoms with Crippen LogP contribution < -0.4 is 5.32 Å². The Kier molecular flexibility index (Phi) is 3.17. The highest BCUT2D eigenvalue weighted by Gasteiger charge is 2.39. The Morgan fingerprint density at radius 1 is 1.17 bits per heavy atom. The Morgan fingerprint density at radius 3 is 2.48 bits per heavy atom. The number of nitrogens with one attached hydrogen (secondary N) is 1. The number of anilines is 1. The van der Waals surface area contributed by atoms with Crippen molar-refractivity contribution >= 4 is 23.1 Å². The van der Waals surface area contributed by atoms with Crippen LogP contribution in [0.3, 0.4) is 0 Å². The summed E-state index contributed by atoms with van der Waals surface area (Å²) in [5, 5.41) is 13.5. The number of carbonyl (C=O) groups excluding carboxylic acids is 2. The third kappa shape index (κ3) is 2.15. The molecule has 2 aromatic rings. The van der Waals surface area contributed by atoms with Crippen LogP contribution in [0, 0.1) is 21.7 Å². The zero-order chi connectivity index (χ0) is 16.9. The lowest BCUT2D eigenvalue weighted by atomic mass is 10.0. The number of rotatable bonds is 2. The van der Waals surface area contributed by atoms with Gasteiger partial charge in [-0.05, 0) is 17.7 Å². The van der Waals surface area contributed by atoms with Gasteiger partial charge in [-0.25, -0.2) is 8.78 Å². The highest BCUT2D eigenvalue weighted by Crippen LogP contribution is 2.46. The van der Waals surface area contributed by atoms with E-state index in [1.54, 1.807) is 0 Å². The number of halogens is 2. The molecule has 0 aromatic heterocycles. The van der Waals surface area contributed by atoms with Crippen LogP contribution in [0.2, 0.25) is 0 Å². The van der Waals surface area contributed by atoms with E-state index in [-0.39, 0.29) is 16.7 Å². The lowest BCUT2D eigenvalue weighted by molar-refractivity contribution is -0.384. The van der Waals surface area contributed by atoms with E-state index in [0.29, 0.717) is 0 Å². The van der Waals surface area contributed by atoms with Crippen LogP contribution in [-0.4, -0.2) is 16.6 Å². The zero-order valence-electron chi connectivity index (χ0n) is 11.6. The molecule has 8 heteroatoms. The van der Waals surface area contributed by atoms with Crippen molar-refractivity contribution in [3.05, 3.63) is 57.1 Å². The zero-order valence-corrected chi connectivity index (χ0v) is 11.6. The van der Waals surface area contributed by atoms with E-state index < -0.39 is 45.2 Å². The van der Waals surface area contributed by atoms with E-state index in [4.69, 9.17) is 0 Å². The third-order valence-electron chi connectivity index (χ3n) is 3.47. The summed E-state index contributed by atoms with van der Waals surface area (Å²) in [5.74, 6) is -3.13. The summed E-state index contributed by atoms with van der Waals surface area (Å²) in [6, 6.07) is 3.91. The van der Waals surface area contributed by atoms with Gasteiger partial charge in [0.25, 0.3) is 0 Å². The predicted molar refractivity (Wildman–Crippen MR) is 76.2 cm³/mol. The molecular weight excluding hydrogens is 310 g/mol. The largest absolute Gasteiger partial charge is 0.321 e. The molecule has 23 heavy (non-hydrogen) atoms. The van der Waals surface area contributed by atoms with Crippen molar-refractivity contribution in [2.24, 2.45) is 0 Å². The number of nitrogens with zero attached hydrogens (tertiary/aromatic N) is 1. The number of benzene rings is 2. The average Bonchev–Trinajstić information content (AvgIpc) is 2.72. The molecule has 0 aliphatic heterocycles. The smallest absolute Gasteiger partial charge is 0.304 e.